The second kappa shape index (κ2) is 3.60. The van der Waals surface area contributed by atoms with Crippen LogP contribution in [0.3, 0.4) is 0 Å². The number of rotatable bonds is 3. The van der Waals surface area contributed by atoms with Crippen molar-refractivity contribution in [1.29, 1.82) is 0 Å². The fraction of sp³-hybridized carbons (Fsp3) is 0.200. The zero-order chi connectivity index (χ0) is 9.10. The van der Waals surface area contributed by atoms with E-state index in [0.29, 0.717) is 6.67 Å². The lowest BCUT2D eigenvalue weighted by atomic mass is 10.2. The minimum Gasteiger partial charge on any atom is -0.464 e. The molecule has 13 heavy (non-hydrogen) atoms. The highest BCUT2D eigenvalue weighted by molar-refractivity contribution is 5.80. The van der Waals surface area contributed by atoms with E-state index in [1.165, 1.54) is 0 Å². The van der Waals surface area contributed by atoms with Crippen molar-refractivity contribution in [2.75, 3.05) is 6.67 Å². The van der Waals surface area contributed by atoms with Crippen LogP contribution in [0.1, 0.15) is 5.56 Å². The van der Waals surface area contributed by atoms with Gasteiger partial charge in [0, 0.05) is 24.2 Å². The van der Waals surface area contributed by atoms with Gasteiger partial charge in [-0.2, -0.15) is 0 Å². The summed E-state index contributed by atoms with van der Waals surface area (Å²) >= 11 is 0. The van der Waals surface area contributed by atoms with Crippen LogP contribution >= 0.6 is 0 Å². The number of hydrogen-bond acceptors (Lipinski definition) is 3. The number of hydrogen-bond donors (Lipinski definition) is 2. The fourth-order valence-electron chi connectivity index (χ4n) is 1.38. The van der Waals surface area contributed by atoms with Gasteiger partial charge in [-0.3, -0.25) is 0 Å². The zero-order valence-electron chi connectivity index (χ0n) is 7.29. The van der Waals surface area contributed by atoms with Crippen LogP contribution in [0.5, 0.6) is 0 Å². The topological polar surface area (TPSA) is 51.2 Å². The Morgan fingerprint density at radius 2 is 2.15 bits per heavy atom. The van der Waals surface area contributed by atoms with E-state index in [9.17, 15) is 0 Å². The third-order valence-electron chi connectivity index (χ3n) is 2.02. The summed E-state index contributed by atoms with van der Waals surface area (Å²) < 4.78 is 5.37. The van der Waals surface area contributed by atoms with E-state index in [1.807, 2.05) is 24.3 Å². The molecule has 0 aliphatic carbocycles. The molecule has 0 aliphatic rings. The smallest absolute Gasteiger partial charge is 0.134 e. The Kier molecular flexibility index (Phi) is 2.29. The van der Waals surface area contributed by atoms with Gasteiger partial charge in [0.2, 0.25) is 0 Å². The number of benzene rings is 1. The maximum Gasteiger partial charge on any atom is 0.134 e. The van der Waals surface area contributed by atoms with Gasteiger partial charge in [-0.1, -0.05) is 18.2 Å². The minimum atomic E-state index is 0.486. The molecule has 2 aromatic rings. The van der Waals surface area contributed by atoms with Crippen LogP contribution in [0.15, 0.2) is 34.9 Å². The third-order valence-corrected chi connectivity index (χ3v) is 2.02. The molecule has 0 amide bonds. The summed E-state index contributed by atoms with van der Waals surface area (Å²) in [6.07, 6.45) is 1.77. The Morgan fingerprint density at radius 1 is 1.31 bits per heavy atom. The predicted molar refractivity (Wildman–Crippen MR) is 52.1 cm³/mol. The largest absolute Gasteiger partial charge is 0.464 e. The van der Waals surface area contributed by atoms with Crippen molar-refractivity contribution >= 4 is 11.0 Å². The van der Waals surface area contributed by atoms with E-state index < -0.39 is 0 Å². The molecule has 68 valence electrons. The van der Waals surface area contributed by atoms with Crippen LogP contribution < -0.4 is 11.1 Å². The Morgan fingerprint density at radius 3 is 3.00 bits per heavy atom. The van der Waals surface area contributed by atoms with Gasteiger partial charge in [-0.25, -0.2) is 0 Å². The van der Waals surface area contributed by atoms with E-state index in [2.05, 4.69) is 5.32 Å². The molecule has 3 nitrogen and oxygen atoms in total. The Bertz CT molecular complexity index is 394. The quantitative estimate of drug-likeness (QED) is 0.696. The lowest BCUT2D eigenvalue weighted by Crippen LogP contribution is -2.21. The molecule has 0 saturated heterocycles. The number of nitrogens with two attached hydrogens (primary N) is 1. The standard InChI is InChI=1S/C10H12N2O/c11-7-12-5-8-6-13-10-4-2-1-3-9(8)10/h1-4,6,12H,5,7,11H2. The highest BCUT2D eigenvalue weighted by atomic mass is 16.3. The fourth-order valence-corrected chi connectivity index (χ4v) is 1.38. The first-order valence-electron chi connectivity index (χ1n) is 4.27. The Hall–Kier alpha value is -1.32. The number of furan rings is 1. The zero-order valence-corrected chi connectivity index (χ0v) is 7.29. The summed E-state index contributed by atoms with van der Waals surface area (Å²) in [5.74, 6) is 0. The summed E-state index contributed by atoms with van der Waals surface area (Å²) in [7, 11) is 0. The molecule has 0 spiro atoms. The van der Waals surface area contributed by atoms with Crippen molar-refractivity contribution in [3.8, 4) is 0 Å². The van der Waals surface area contributed by atoms with Crippen molar-refractivity contribution in [3.63, 3.8) is 0 Å². The summed E-state index contributed by atoms with van der Waals surface area (Å²) in [5.41, 5.74) is 7.43. The van der Waals surface area contributed by atoms with Gasteiger partial charge < -0.3 is 15.5 Å². The lowest BCUT2D eigenvalue weighted by molar-refractivity contribution is 0.603. The molecule has 3 heteroatoms. The van der Waals surface area contributed by atoms with Gasteiger partial charge in [0.05, 0.1) is 6.26 Å². The second-order valence-corrected chi connectivity index (χ2v) is 2.89. The van der Waals surface area contributed by atoms with Crippen molar-refractivity contribution in [1.82, 2.24) is 5.32 Å². The van der Waals surface area contributed by atoms with Crippen LogP contribution in [0, 0.1) is 0 Å². The van der Waals surface area contributed by atoms with E-state index in [4.69, 9.17) is 10.2 Å². The van der Waals surface area contributed by atoms with Crippen LogP contribution in [0.2, 0.25) is 0 Å². The lowest BCUT2D eigenvalue weighted by Gasteiger charge is -1.97. The van der Waals surface area contributed by atoms with Crippen LogP contribution in [-0.4, -0.2) is 6.67 Å². The van der Waals surface area contributed by atoms with Gasteiger partial charge in [-0.15, -0.1) is 0 Å². The van der Waals surface area contributed by atoms with Gasteiger partial charge in [-0.05, 0) is 6.07 Å². The number of para-hydroxylation sites is 1. The summed E-state index contributed by atoms with van der Waals surface area (Å²) in [6, 6.07) is 7.98. The second-order valence-electron chi connectivity index (χ2n) is 2.89. The summed E-state index contributed by atoms with van der Waals surface area (Å²) in [5, 5.41) is 4.22. The SMILES string of the molecule is NCNCc1coc2ccccc12. The molecule has 0 aliphatic heterocycles. The van der Waals surface area contributed by atoms with Crippen LogP contribution in [-0.2, 0) is 6.54 Å². The normalized spacial score (nSPS) is 10.8. The molecular weight excluding hydrogens is 164 g/mol. The van der Waals surface area contributed by atoms with Crippen molar-refractivity contribution in [2.45, 2.75) is 6.54 Å². The Balaban J connectivity index is 2.35. The third kappa shape index (κ3) is 1.56. The van der Waals surface area contributed by atoms with Gasteiger partial charge in [0.25, 0.3) is 0 Å². The maximum atomic E-state index is 5.37. The molecule has 0 atom stereocenters. The van der Waals surface area contributed by atoms with Crippen molar-refractivity contribution in [2.24, 2.45) is 5.73 Å². The highest BCUT2D eigenvalue weighted by Crippen LogP contribution is 2.19. The molecule has 2 rings (SSSR count). The molecular formula is C10H12N2O. The first-order chi connectivity index (χ1) is 6.42. The number of nitrogens with one attached hydrogen (secondary N) is 1. The monoisotopic (exact) mass is 176 g/mol. The van der Waals surface area contributed by atoms with Gasteiger partial charge in [0.1, 0.15) is 5.58 Å². The molecule has 1 heterocycles. The predicted octanol–water partition coefficient (Wildman–Crippen LogP) is 1.44. The average molecular weight is 176 g/mol. The Labute approximate surface area is 76.5 Å². The van der Waals surface area contributed by atoms with E-state index in [-0.39, 0.29) is 0 Å². The molecule has 0 unspecified atom stereocenters. The van der Waals surface area contributed by atoms with E-state index in [1.54, 1.807) is 6.26 Å². The van der Waals surface area contributed by atoms with Gasteiger partial charge >= 0.3 is 0 Å². The molecule has 1 aromatic carbocycles. The maximum absolute atomic E-state index is 5.37. The molecule has 0 saturated carbocycles. The molecule has 1 aromatic heterocycles. The first-order valence-corrected chi connectivity index (χ1v) is 4.27. The highest BCUT2D eigenvalue weighted by Gasteiger charge is 2.02. The van der Waals surface area contributed by atoms with Crippen molar-refractivity contribution in [3.05, 3.63) is 36.1 Å². The molecule has 0 radical (unpaired) electrons. The van der Waals surface area contributed by atoms with E-state index >= 15 is 0 Å². The minimum absolute atomic E-state index is 0.486. The van der Waals surface area contributed by atoms with Crippen LogP contribution in [0.25, 0.3) is 11.0 Å². The molecule has 3 N–H and O–H groups in total. The van der Waals surface area contributed by atoms with Crippen LogP contribution in [0.4, 0.5) is 0 Å². The summed E-state index contributed by atoms with van der Waals surface area (Å²) in [4.78, 5) is 0. The summed E-state index contributed by atoms with van der Waals surface area (Å²) in [6.45, 7) is 1.24. The average Bonchev–Trinajstić information content (AvgIpc) is 2.58. The van der Waals surface area contributed by atoms with E-state index in [0.717, 1.165) is 23.1 Å². The first kappa shape index (κ1) is 8.29. The molecule has 0 fully saturated rings. The molecule has 0 bridgehead atoms. The van der Waals surface area contributed by atoms with Gasteiger partial charge in [0.15, 0.2) is 0 Å². The van der Waals surface area contributed by atoms with Crippen molar-refractivity contribution < 1.29 is 4.42 Å². The number of fused-ring (bicyclic) bond motifs is 1.